The Morgan fingerprint density at radius 3 is 2.24 bits per heavy atom. The summed E-state index contributed by atoms with van der Waals surface area (Å²) in [4.78, 5) is 21.2. The molecule has 0 saturated heterocycles. The van der Waals surface area contributed by atoms with Gasteiger partial charge in [-0.2, -0.15) is 0 Å². The average molecular weight is 386 g/mol. The standard InChI is InChI=1S/C25H27N3O/c1-27(2)18-19-28(3)23-14-7-20(8-15-23)9-16-25(29)22-12-10-21(11-13-22)24-6-4-5-17-26-24/h4-17H,18-19H2,1-3H3. The van der Waals surface area contributed by atoms with Crippen LogP contribution in [0.4, 0.5) is 5.69 Å². The molecule has 0 spiro atoms. The second-order valence-corrected chi connectivity index (χ2v) is 7.31. The SMILES string of the molecule is CN(C)CCN(C)c1ccc(C=CC(=O)c2ccc(-c3ccccn3)cc2)cc1. The summed E-state index contributed by atoms with van der Waals surface area (Å²) >= 11 is 0. The maximum Gasteiger partial charge on any atom is 0.185 e. The number of likely N-dealkylation sites (N-methyl/N-ethyl adjacent to an activating group) is 2. The Labute approximate surface area is 173 Å². The van der Waals surface area contributed by atoms with Crippen LogP contribution in [-0.2, 0) is 0 Å². The van der Waals surface area contributed by atoms with Crippen molar-refractivity contribution in [1.29, 1.82) is 0 Å². The van der Waals surface area contributed by atoms with Gasteiger partial charge in [0.15, 0.2) is 5.78 Å². The first-order chi connectivity index (χ1) is 14.0. The van der Waals surface area contributed by atoms with Crippen molar-refractivity contribution in [2.45, 2.75) is 0 Å². The molecule has 148 valence electrons. The van der Waals surface area contributed by atoms with E-state index in [0.29, 0.717) is 5.56 Å². The number of allylic oxidation sites excluding steroid dienone is 1. The molecule has 1 heterocycles. The minimum Gasteiger partial charge on any atom is -0.373 e. The fourth-order valence-electron chi connectivity index (χ4n) is 2.93. The van der Waals surface area contributed by atoms with Crippen LogP contribution in [0.3, 0.4) is 0 Å². The molecule has 0 aliphatic carbocycles. The zero-order valence-corrected chi connectivity index (χ0v) is 17.2. The van der Waals surface area contributed by atoms with Crippen LogP contribution >= 0.6 is 0 Å². The number of benzene rings is 2. The Morgan fingerprint density at radius 1 is 0.897 bits per heavy atom. The Balaban J connectivity index is 1.61. The van der Waals surface area contributed by atoms with E-state index in [4.69, 9.17) is 0 Å². The van der Waals surface area contributed by atoms with Gasteiger partial charge in [0.25, 0.3) is 0 Å². The molecule has 0 atom stereocenters. The lowest BCUT2D eigenvalue weighted by atomic mass is 10.0. The zero-order chi connectivity index (χ0) is 20.6. The molecule has 0 aliphatic rings. The summed E-state index contributed by atoms with van der Waals surface area (Å²) < 4.78 is 0. The highest BCUT2D eigenvalue weighted by molar-refractivity contribution is 6.07. The Kier molecular flexibility index (Phi) is 6.93. The second kappa shape index (κ2) is 9.80. The first-order valence-electron chi connectivity index (χ1n) is 9.73. The van der Waals surface area contributed by atoms with E-state index in [2.05, 4.69) is 48.1 Å². The first-order valence-corrected chi connectivity index (χ1v) is 9.73. The van der Waals surface area contributed by atoms with E-state index in [1.165, 1.54) is 5.69 Å². The van der Waals surface area contributed by atoms with Crippen LogP contribution in [-0.4, -0.2) is 49.9 Å². The lowest BCUT2D eigenvalue weighted by Crippen LogP contribution is -2.28. The van der Waals surface area contributed by atoms with Gasteiger partial charge in [-0.1, -0.05) is 48.5 Å². The topological polar surface area (TPSA) is 36.4 Å². The largest absolute Gasteiger partial charge is 0.373 e. The second-order valence-electron chi connectivity index (χ2n) is 7.31. The monoisotopic (exact) mass is 385 g/mol. The highest BCUT2D eigenvalue weighted by Crippen LogP contribution is 2.18. The predicted octanol–water partition coefficient (Wildman–Crippen LogP) is 4.64. The molecular formula is C25H27N3O. The summed E-state index contributed by atoms with van der Waals surface area (Å²) in [6.45, 7) is 1.97. The summed E-state index contributed by atoms with van der Waals surface area (Å²) in [7, 11) is 6.24. The van der Waals surface area contributed by atoms with Gasteiger partial charge in [0.1, 0.15) is 0 Å². The van der Waals surface area contributed by atoms with E-state index in [1.807, 2.05) is 60.7 Å². The van der Waals surface area contributed by atoms with E-state index in [-0.39, 0.29) is 5.78 Å². The lowest BCUT2D eigenvalue weighted by molar-refractivity contribution is 0.104. The minimum absolute atomic E-state index is 0.00949. The van der Waals surface area contributed by atoms with Gasteiger partial charge in [0, 0.05) is 43.1 Å². The normalized spacial score (nSPS) is 11.2. The summed E-state index contributed by atoms with van der Waals surface area (Å²) in [5.74, 6) is -0.00949. The van der Waals surface area contributed by atoms with Gasteiger partial charge < -0.3 is 9.80 Å². The zero-order valence-electron chi connectivity index (χ0n) is 17.2. The maximum atomic E-state index is 12.5. The number of carbonyl (C=O) groups excluding carboxylic acids is 1. The average Bonchev–Trinajstić information content (AvgIpc) is 2.77. The number of nitrogens with zero attached hydrogens (tertiary/aromatic N) is 3. The summed E-state index contributed by atoms with van der Waals surface area (Å²) in [5, 5.41) is 0. The van der Waals surface area contributed by atoms with Crippen molar-refractivity contribution in [2.75, 3.05) is 39.1 Å². The molecule has 0 bridgehead atoms. The maximum absolute atomic E-state index is 12.5. The summed E-state index contributed by atoms with van der Waals surface area (Å²) in [6.07, 6.45) is 5.25. The predicted molar refractivity (Wildman–Crippen MR) is 121 cm³/mol. The molecule has 3 aromatic rings. The van der Waals surface area contributed by atoms with Crippen molar-refractivity contribution in [3.63, 3.8) is 0 Å². The highest BCUT2D eigenvalue weighted by atomic mass is 16.1. The number of hydrogen-bond donors (Lipinski definition) is 0. The van der Waals surface area contributed by atoms with E-state index < -0.39 is 0 Å². The minimum atomic E-state index is -0.00949. The van der Waals surface area contributed by atoms with Gasteiger partial charge in [0.2, 0.25) is 0 Å². The van der Waals surface area contributed by atoms with Crippen LogP contribution < -0.4 is 4.90 Å². The highest BCUT2D eigenvalue weighted by Gasteiger charge is 2.04. The van der Waals surface area contributed by atoms with Crippen LogP contribution in [0.1, 0.15) is 15.9 Å². The summed E-state index contributed by atoms with van der Waals surface area (Å²) in [5.41, 5.74) is 4.74. The third kappa shape index (κ3) is 5.87. The van der Waals surface area contributed by atoms with Crippen molar-refractivity contribution in [1.82, 2.24) is 9.88 Å². The van der Waals surface area contributed by atoms with Crippen LogP contribution in [0.2, 0.25) is 0 Å². The van der Waals surface area contributed by atoms with Crippen LogP contribution in [0, 0.1) is 0 Å². The number of anilines is 1. The van der Waals surface area contributed by atoms with E-state index >= 15 is 0 Å². The van der Waals surface area contributed by atoms with E-state index in [0.717, 1.165) is 29.9 Å². The van der Waals surface area contributed by atoms with Gasteiger partial charge in [-0.25, -0.2) is 0 Å². The van der Waals surface area contributed by atoms with Crippen molar-refractivity contribution >= 4 is 17.5 Å². The number of hydrogen-bond acceptors (Lipinski definition) is 4. The molecule has 29 heavy (non-hydrogen) atoms. The molecule has 4 nitrogen and oxygen atoms in total. The van der Waals surface area contributed by atoms with Crippen molar-refractivity contribution in [3.8, 4) is 11.3 Å². The molecule has 0 amide bonds. The fraction of sp³-hybridized carbons (Fsp3) is 0.200. The van der Waals surface area contributed by atoms with Crippen molar-refractivity contribution in [3.05, 3.63) is 90.1 Å². The van der Waals surface area contributed by atoms with Crippen molar-refractivity contribution < 1.29 is 4.79 Å². The summed E-state index contributed by atoms with van der Waals surface area (Å²) in [6, 6.07) is 21.6. The van der Waals surface area contributed by atoms with Gasteiger partial charge in [-0.05, 0) is 50.0 Å². The number of carbonyl (C=O) groups is 1. The molecule has 0 N–H and O–H groups in total. The molecule has 0 unspecified atom stereocenters. The Morgan fingerprint density at radius 2 is 1.62 bits per heavy atom. The molecule has 1 aromatic heterocycles. The molecule has 0 aliphatic heterocycles. The quantitative estimate of drug-likeness (QED) is 0.418. The number of aromatic nitrogens is 1. The molecule has 3 rings (SSSR count). The van der Waals surface area contributed by atoms with Gasteiger partial charge in [0.05, 0.1) is 5.69 Å². The lowest BCUT2D eigenvalue weighted by Gasteiger charge is -2.21. The number of ketones is 1. The Bertz CT molecular complexity index is 946. The molecule has 4 heteroatoms. The van der Waals surface area contributed by atoms with Crippen molar-refractivity contribution in [2.24, 2.45) is 0 Å². The molecular weight excluding hydrogens is 358 g/mol. The smallest absolute Gasteiger partial charge is 0.185 e. The van der Waals surface area contributed by atoms with Gasteiger partial charge >= 0.3 is 0 Å². The van der Waals surface area contributed by atoms with Crippen LogP contribution in [0.15, 0.2) is 79.0 Å². The third-order valence-electron chi connectivity index (χ3n) is 4.77. The van der Waals surface area contributed by atoms with E-state index in [1.54, 1.807) is 12.3 Å². The third-order valence-corrected chi connectivity index (χ3v) is 4.77. The van der Waals surface area contributed by atoms with Crippen LogP contribution in [0.25, 0.3) is 17.3 Å². The Hall–Kier alpha value is -3.24. The molecule has 0 saturated carbocycles. The van der Waals surface area contributed by atoms with Crippen LogP contribution in [0.5, 0.6) is 0 Å². The van der Waals surface area contributed by atoms with Gasteiger partial charge in [-0.3, -0.25) is 9.78 Å². The number of rotatable bonds is 8. The number of pyridine rings is 1. The van der Waals surface area contributed by atoms with Gasteiger partial charge in [-0.15, -0.1) is 0 Å². The first kappa shape index (κ1) is 20.5. The molecule has 2 aromatic carbocycles. The van der Waals surface area contributed by atoms with E-state index in [9.17, 15) is 4.79 Å². The molecule has 0 fully saturated rings. The molecule has 0 radical (unpaired) electrons. The fourth-order valence-corrected chi connectivity index (χ4v) is 2.93.